The van der Waals surface area contributed by atoms with Crippen molar-refractivity contribution in [2.24, 2.45) is 5.11 Å². The largest absolute Gasteiger partial charge is 0.457 e. The number of carbonyl (C=O) groups excluding carboxylic acids is 1. The van der Waals surface area contributed by atoms with Gasteiger partial charge in [0.25, 0.3) is 5.56 Å². The van der Waals surface area contributed by atoms with E-state index in [-0.39, 0.29) is 19.9 Å². The lowest BCUT2D eigenvalue weighted by Gasteiger charge is -2.30. The number of benzene rings is 1. The van der Waals surface area contributed by atoms with Crippen molar-refractivity contribution in [3.05, 3.63) is 79.4 Å². The van der Waals surface area contributed by atoms with Gasteiger partial charge in [0.2, 0.25) is 0 Å². The first-order chi connectivity index (χ1) is 23.3. The van der Waals surface area contributed by atoms with E-state index in [2.05, 4.69) is 15.9 Å². The van der Waals surface area contributed by atoms with Gasteiger partial charge in [-0.3, -0.25) is 14.2 Å². The Morgan fingerprint density at radius 2 is 1.90 bits per heavy atom. The Morgan fingerprint density at radius 1 is 1.15 bits per heavy atom. The molecule has 16 nitrogen and oxygen atoms in total. The van der Waals surface area contributed by atoms with E-state index in [9.17, 15) is 14.4 Å². The van der Waals surface area contributed by atoms with Gasteiger partial charge < -0.3 is 37.9 Å². The zero-order valence-electron chi connectivity index (χ0n) is 26.5. The number of rotatable bonds is 12. The fourth-order valence-corrected chi connectivity index (χ4v) is 6.74. The van der Waals surface area contributed by atoms with Crippen LogP contribution in [0.15, 0.2) is 57.3 Å². The van der Waals surface area contributed by atoms with E-state index in [1.165, 1.54) is 30.9 Å². The second-order valence-corrected chi connectivity index (χ2v) is 12.0. The molecule has 1 aliphatic carbocycles. The predicted molar refractivity (Wildman–Crippen MR) is 164 cm³/mol. The van der Waals surface area contributed by atoms with Crippen LogP contribution in [0, 0.1) is 12.3 Å². The van der Waals surface area contributed by atoms with Crippen LogP contribution in [0.3, 0.4) is 0 Å². The van der Waals surface area contributed by atoms with Crippen molar-refractivity contribution >= 4 is 5.97 Å². The van der Waals surface area contributed by atoms with E-state index < -0.39 is 78.3 Å². The number of nitrogens with zero attached hydrogens (tertiary/aromatic N) is 5. The zero-order valence-corrected chi connectivity index (χ0v) is 26.5. The summed E-state index contributed by atoms with van der Waals surface area (Å²) >= 11 is 0. The molecule has 9 atom stereocenters. The van der Waals surface area contributed by atoms with Gasteiger partial charge >= 0.3 is 11.7 Å². The highest BCUT2D eigenvalue weighted by Gasteiger charge is 2.62. The number of fused-ring (bicyclic) bond motifs is 1. The number of carbonyl (C=O) groups is 1. The lowest BCUT2D eigenvalue weighted by atomic mass is 10.1. The summed E-state index contributed by atoms with van der Waals surface area (Å²) in [6.45, 7) is 0.990. The smallest absolute Gasteiger partial charge is 0.335 e. The van der Waals surface area contributed by atoms with E-state index in [1.54, 1.807) is 0 Å². The Kier molecular flexibility index (Phi) is 10.3. The van der Waals surface area contributed by atoms with Gasteiger partial charge in [-0.15, -0.1) is 6.42 Å². The summed E-state index contributed by atoms with van der Waals surface area (Å²) in [5, 5.41) is 3.56. The molecule has 48 heavy (non-hydrogen) atoms. The molecule has 0 amide bonds. The minimum Gasteiger partial charge on any atom is -0.457 e. The summed E-state index contributed by atoms with van der Waals surface area (Å²) in [6, 6.07) is 10.6. The number of ether oxygens (including phenoxy) is 8. The molecule has 256 valence electrons. The highest BCUT2D eigenvalue weighted by Crippen LogP contribution is 2.50. The number of hydrogen-bond donors (Lipinski definition) is 0. The Hall–Kier alpha value is -4.04. The van der Waals surface area contributed by atoms with E-state index >= 15 is 0 Å². The monoisotopic (exact) mass is 667 g/mol. The van der Waals surface area contributed by atoms with Crippen molar-refractivity contribution in [3.8, 4) is 12.3 Å². The summed E-state index contributed by atoms with van der Waals surface area (Å²) < 4.78 is 50.7. The molecule has 1 aromatic heterocycles. The lowest BCUT2D eigenvalue weighted by Crippen LogP contribution is -2.45. The minimum absolute atomic E-state index is 0.158. The van der Waals surface area contributed by atoms with Crippen molar-refractivity contribution in [1.82, 2.24) is 9.13 Å². The maximum absolute atomic E-state index is 13.8. The first-order valence-corrected chi connectivity index (χ1v) is 15.7. The third-order valence-electron chi connectivity index (χ3n) is 8.90. The van der Waals surface area contributed by atoms with Crippen LogP contribution in [0.5, 0.6) is 0 Å². The van der Waals surface area contributed by atoms with Gasteiger partial charge in [0.15, 0.2) is 24.4 Å². The fourth-order valence-electron chi connectivity index (χ4n) is 6.74. The van der Waals surface area contributed by atoms with Crippen LogP contribution in [0.25, 0.3) is 10.4 Å². The quantitative estimate of drug-likeness (QED) is 0.106. The SMILES string of the molecule is C#C[C@H](O[C@@H]1O[C@H](CN=[N+]=[N-])[C@@H](OC(C)=O)[C@H]1OC)[C@H]1O[C@@H](n2ccc(=O)n(COCc3ccccc3)c2=O)[C@@H]2OC3(CCCC3)O[C@@H]21. The molecule has 1 spiro atoms. The summed E-state index contributed by atoms with van der Waals surface area (Å²) in [5.74, 6) is 1.13. The number of esters is 1. The molecule has 0 bridgehead atoms. The van der Waals surface area contributed by atoms with Gasteiger partial charge in [-0.1, -0.05) is 41.4 Å². The topological polar surface area (TPSA) is 184 Å². The third-order valence-corrected chi connectivity index (χ3v) is 8.90. The molecule has 0 unspecified atom stereocenters. The molecule has 4 aliphatic rings. The third kappa shape index (κ3) is 6.77. The molecule has 4 heterocycles. The highest BCUT2D eigenvalue weighted by atomic mass is 16.8. The van der Waals surface area contributed by atoms with Crippen LogP contribution < -0.4 is 11.2 Å². The molecule has 4 fully saturated rings. The van der Waals surface area contributed by atoms with Crippen molar-refractivity contribution in [1.29, 1.82) is 0 Å². The Labute approximate surface area is 275 Å². The van der Waals surface area contributed by atoms with Crippen molar-refractivity contribution in [2.75, 3.05) is 13.7 Å². The van der Waals surface area contributed by atoms with Gasteiger partial charge in [0, 0.05) is 44.1 Å². The van der Waals surface area contributed by atoms with E-state index in [0.29, 0.717) is 12.8 Å². The Balaban J connectivity index is 1.26. The van der Waals surface area contributed by atoms with Crippen LogP contribution in [0.2, 0.25) is 0 Å². The molecule has 0 N–H and O–H groups in total. The fraction of sp³-hybridized carbons (Fsp3) is 0.594. The summed E-state index contributed by atoms with van der Waals surface area (Å²) in [7, 11) is 1.39. The van der Waals surface area contributed by atoms with Crippen molar-refractivity contribution < 1.29 is 42.7 Å². The standard InChI is InChI=1S/C32H37N5O11/c1-4-21(44-30-28(41-3)25(43-19(2)38)22(45-30)16-34-35-33)24-26-27(48-32(47-26)13-8-9-14-32)29(46-24)36-15-12-23(39)37(31(36)40)18-42-17-20-10-6-5-7-11-20/h1,5-7,10-12,15,21-22,24-30H,8-9,13-14,16-18H2,2-3H3/t21-,22+,24+,25+,26+,27+,28+,29+,30+/m0/s1. The number of hydrogen-bond acceptors (Lipinski definition) is 12. The molecule has 16 heteroatoms. The lowest BCUT2D eigenvalue weighted by molar-refractivity contribution is -0.241. The van der Waals surface area contributed by atoms with Gasteiger partial charge in [-0.05, 0) is 23.9 Å². The molecular formula is C32H37N5O11. The summed E-state index contributed by atoms with van der Waals surface area (Å²) in [5.41, 5.74) is 8.53. The first kappa shape index (κ1) is 33.8. The zero-order chi connectivity index (χ0) is 33.8. The average molecular weight is 668 g/mol. The summed E-state index contributed by atoms with van der Waals surface area (Å²) in [6.07, 6.45) is 1.84. The maximum Gasteiger partial charge on any atom is 0.335 e. The minimum atomic E-state index is -1.16. The number of aromatic nitrogens is 2. The summed E-state index contributed by atoms with van der Waals surface area (Å²) in [4.78, 5) is 41.2. The molecular weight excluding hydrogens is 630 g/mol. The predicted octanol–water partition coefficient (Wildman–Crippen LogP) is 2.14. The van der Waals surface area contributed by atoms with Crippen LogP contribution in [-0.4, -0.2) is 83.6 Å². The van der Waals surface area contributed by atoms with E-state index in [1.807, 2.05) is 30.3 Å². The van der Waals surface area contributed by atoms with Crippen LogP contribution >= 0.6 is 0 Å². The van der Waals surface area contributed by atoms with Crippen LogP contribution in [-0.2, 0) is 56.0 Å². The molecule has 1 aromatic carbocycles. The molecule has 3 saturated heterocycles. The van der Waals surface area contributed by atoms with Gasteiger partial charge in [0.1, 0.15) is 43.4 Å². The van der Waals surface area contributed by atoms with Crippen LogP contribution in [0.1, 0.15) is 44.4 Å². The van der Waals surface area contributed by atoms with Crippen molar-refractivity contribution in [3.63, 3.8) is 0 Å². The molecule has 3 aliphatic heterocycles. The molecule has 0 radical (unpaired) electrons. The molecule has 2 aromatic rings. The molecule has 6 rings (SSSR count). The van der Waals surface area contributed by atoms with Crippen LogP contribution in [0.4, 0.5) is 0 Å². The van der Waals surface area contributed by atoms with E-state index in [0.717, 1.165) is 23.0 Å². The van der Waals surface area contributed by atoms with Gasteiger partial charge in [0.05, 0.1) is 13.2 Å². The van der Waals surface area contributed by atoms with Gasteiger partial charge in [-0.25, -0.2) is 9.36 Å². The average Bonchev–Trinajstić information content (AvgIpc) is 3.85. The highest BCUT2D eigenvalue weighted by molar-refractivity contribution is 5.66. The molecule has 1 saturated carbocycles. The first-order valence-electron chi connectivity index (χ1n) is 15.7. The Bertz CT molecular complexity index is 1660. The van der Waals surface area contributed by atoms with E-state index in [4.69, 9.17) is 49.8 Å². The second-order valence-electron chi connectivity index (χ2n) is 12.0. The number of terminal acetylenes is 1. The van der Waals surface area contributed by atoms with Gasteiger partial charge in [-0.2, -0.15) is 0 Å². The normalized spacial score (nSPS) is 30.9. The number of methoxy groups -OCH3 is 1. The maximum atomic E-state index is 13.8. The number of azide groups is 1. The Morgan fingerprint density at radius 3 is 2.58 bits per heavy atom. The van der Waals surface area contributed by atoms with Crippen molar-refractivity contribution in [2.45, 2.75) is 107 Å². The second kappa shape index (κ2) is 14.6.